The summed E-state index contributed by atoms with van der Waals surface area (Å²) in [6.45, 7) is 5.35. The van der Waals surface area contributed by atoms with E-state index in [1.54, 1.807) is 12.1 Å². The largest absolute Gasteiger partial charge is 0.487 e. The maximum atomic E-state index is 10.8. The number of nitro benzene ring substituents is 1. The van der Waals surface area contributed by atoms with Gasteiger partial charge < -0.3 is 10.1 Å². The molecule has 100 valence electrons. The molecular weight excluding hydrogens is 256 g/mol. The number of halogens is 1. The van der Waals surface area contributed by atoms with E-state index in [-0.39, 0.29) is 16.5 Å². The summed E-state index contributed by atoms with van der Waals surface area (Å²) in [4.78, 5) is 10.3. The minimum atomic E-state index is -0.524. The highest BCUT2D eigenvalue weighted by Gasteiger charge is 2.19. The number of benzene rings is 1. The molecular formula is C12H17ClN2O3. The molecule has 0 fully saturated rings. The number of rotatable bonds is 7. The Bertz CT molecular complexity index is 410. The van der Waals surface area contributed by atoms with Gasteiger partial charge >= 0.3 is 5.69 Å². The predicted molar refractivity (Wildman–Crippen MR) is 71.4 cm³/mol. The summed E-state index contributed by atoms with van der Waals surface area (Å²) < 4.78 is 5.39. The van der Waals surface area contributed by atoms with Crippen LogP contribution in [0.25, 0.3) is 0 Å². The second-order valence-corrected chi connectivity index (χ2v) is 4.56. The molecule has 0 atom stereocenters. The summed E-state index contributed by atoms with van der Waals surface area (Å²) in [6, 6.07) is 5.09. The number of nitrogens with zero attached hydrogens (tertiary/aromatic N) is 1. The van der Waals surface area contributed by atoms with Crippen molar-refractivity contribution >= 4 is 17.3 Å². The van der Waals surface area contributed by atoms with E-state index >= 15 is 0 Å². The van der Waals surface area contributed by atoms with E-state index in [0.29, 0.717) is 12.6 Å². The van der Waals surface area contributed by atoms with Gasteiger partial charge in [0.1, 0.15) is 5.02 Å². The maximum absolute atomic E-state index is 10.8. The second-order valence-electron chi connectivity index (χ2n) is 4.15. The maximum Gasteiger partial charge on any atom is 0.329 e. The van der Waals surface area contributed by atoms with Crippen LogP contribution in [0.4, 0.5) is 5.69 Å². The lowest BCUT2D eigenvalue weighted by Crippen LogP contribution is -2.24. The third-order valence-electron chi connectivity index (χ3n) is 2.26. The van der Waals surface area contributed by atoms with Crippen molar-refractivity contribution in [2.45, 2.75) is 26.3 Å². The SMILES string of the molecule is CC(C)NCCCOc1cccc(Cl)c1[N+](=O)[O-]. The summed E-state index contributed by atoms with van der Waals surface area (Å²) in [6.07, 6.45) is 0.780. The average molecular weight is 273 g/mol. The first kappa shape index (κ1) is 14.7. The van der Waals surface area contributed by atoms with Gasteiger partial charge in [0.25, 0.3) is 0 Å². The van der Waals surface area contributed by atoms with Gasteiger partial charge in [-0.2, -0.15) is 0 Å². The third kappa shape index (κ3) is 4.50. The fraction of sp³-hybridized carbons (Fsp3) is 0.500. The van der Waals surface area contributed by atoms with E-state index in [2.05, 4.69) is 19.2 Å². The van der Waals surface area contributed by atoms with Crippen LogP contribution in [0.15, 0.2) is 18.2 Å². The molecule has 0 bridgehead atoms. The zero-order valence-corrected chi connectivity index (χ0v) is 11.2. The highest BCUT2D eigenvalue weighted by molar-refractivity contribution is 6.32. The molecule has 5 nitrogen and oxygen atoms in total. The van der Waals surface area contributed by atoms with Crippen LogP contribution in [0, 0.1) is 10.1 Å². The van der Waals surface area contributed by atoms with E-state index in [9.17, 15) is 10.1 Å². The molecule has 1 aromatic carbocycles. The predicted octanol–water partition coefficient (Wildman–Crippen LogP) is 3.02. The van der Waals surface area contributed by atoms with Gasteiger partial charge in [0, 0.05) is 6.04 Å². The van der Waals surface area contributed by atoms with Crippen molar-refractivity contribution in [2.75, 3.05) is 13.2 Å². The Kier molecular flexibility index (Phi) is 5.88. The van der Waals surface area contributed by atoms with Crippen molar-refractivity contribution in [1.29, 1.82) is 0 Å². The molecule has 0 aliphatic carbocycles. The fourth-order valence-corrected chi connectivity index (χ4v) is 1.67. The third-order valence-corrected chi connectivity index (χ3v) is 2.57. The highest BCUT2D eigenvalue weighted by atomic mass is 35.5. The van der Waals surface area contributed by atoms with Crippen LogP contribution in [0.5, 0.6) is 5.75 Å². The number of nitro groups is 1. The van der Waals surface area contributed by atoms with Gasteiger partial charge in [-0.1, -0.05) is 31.5 Å². The first-order valence-corrected chi connectivity index (χ1v) is 6.19. The molecule has 0 saturated carbocycles. The Balaban J connectivity index is 2.52. The molecule has 0 amide bonds. The summed E-state index contributed by atoms with van der Waals surface area (Å²) in [5.74, 6) is 0.219. The van der Waals surface area contributed by atoms with Crippen molar-refractivity contribution in [3.8, 4) is 5.75 Å². The minimum Gasteiger partial charge on any atom is -0.487 e. The lowest BCUT2D eigenvalue weighted by atomic mass is 10.3. The highest BCUT2D eigenvalue weighted by Crippen LogP contribution is 2.34. The standard InChI is InChI=1S/C12H17ClN2O3/c1-9(2)14-7-4-8-18-11-6-3-5-10(13)12(11)15(16)17/h3,5-6,9,14H,4,7-8H2,1-2H3. The van der Waals surface area contributed by atoms with Crippen LogP contribution in [-0.4, -0.2) is 24.1 Å². The van der Waals surface area contributed by atoms with E-state index < -0.39 is 4.92 Å². The average Bonchev–Trinajstić information content (AvgIpc) is 2.27. The first-order valence-electron chi connectivity index (χ1n) is 5.81. The Morgan fingerprint density at radius 1 is 1.50 bits per heavy atom. The van der Waals surface area contributed by atoms with Gasteiger partial charge in [-0.05, 0) is 25.1 Å². The first-order chi connectivity index (χ1) is 8.52. The Labute approximate surface area is 111 Å². The summed E-state index contributed by atoms with van der Waals surface area (Å²) in [7, 11) is 0. The topological polar surface area (TPSA) is 64.4 Å². The minimum absolute atomic E-state index is 0.0952. The van der Waals surface area contributed by atoms with Crippen LogP contribution in [-0.2, 0) is 0 Å². The van der Waals surface area contributed by atoms with Crippen LogP contribution >= 0.6 is 11.6 Å². The second kappa shape index (κ2) is 7.18. The Hall–Kier alpha value is -1.33. The molecule has 6 heteroatoms. The summed E-state index contributed by atoms with van der Waals surface area (Å²) in [5.41, 5.74) is -0.170. The molecule has 0 spiro atoms. The van der Waals surface area contributed by atoms with E-state index in [4.69, 9.17) is 16.3 Å². The van der Waals surface area contributed by atoms with Crippen molar-refractivity contribution in [3.05, 3.63) is 33.3 Å². The van der Waals surface area contributed by atoms with Crippen LogP contribution in [0.3, 0.4) is 0 Å². The number of para-hydroxylation sites is 1. The van der Waals surface area contributed by atoms with Crippen LogP contribution in [0.1, 0.15) is 20.3 Å². The van der Waals surface area contributed by atoms with Crippen molar-refractivity contribution in [3.63, 3.8) is 0 Å². The van der Waals surface area contributed by atoms with Gasteiger partial charge in [0.2, 0.25) is 0 Å². The molecule has 0 saturated heterocycles. The van der Waals surface area contributed by atoms with Gasteiger partial charge in [-0.3, -0.25) is 10.1 Å². The van der Waals surface area contributed by atoms with Crippen LogP contribution in [0.2, 0.25) is 5.02 Å². The molecule has 1 rings (SSSR count). The Morgan fingerprint density at radius 2 is 2.22 bits per heavy atom. The normalized spacial score (nSPS) is 10.7. The zero-order chi connectivity index (χ0) is 13.5. The molecule has 0 aliphatic heterocycles. The molecule has 0 aromatic heterocycles. The smallest absolute Gasteiger partial charge is 0.329 e. The van der Waals surface area contributed by atoms with Crippen molar-refractivity contribution < 1.29 is 9.66 Å². The van der Waals surface area contributed by atoms with E-state index in [1.165, 1.54) is 6.07 Å². The fourth-order valence-electron chi connectivity index (χ4n) is 1.43. The number of hydrogen-bond donors (Lipinski definition) is 1. The molecule has 1 aromatic rings. The van der Waals surface area contributed by atoms with E-state index in [0.717, 1.165) is 13.0 Å². The number of ether oxygens (including phenoxy) is 1. The molecule has 1 N–H and O–H groups in total. The number of hydrogen-bond acceptors (Lipinski definition) is 4. The molecule has 0 unspecified atom stereocenters. The summed E-state index contributed by atoms with van der Waals surface area (Å²) in [5, 5.41) is 14.2. The van der Waals surface area contributed by atoms with Gasteiger partial charge in [-0.25, -0.2) is 0 Å². The zero-order valence-electron chi connectivity index (χ0n) is 10.5. The lowest BCUT2D eigenvalue weighted by Gasteiger charge is -2.09. The Morgan fingerprint density at radius 3 is 2.83 bits per heavy atom. The van der Waals surface area contributed by atoms with Crippen molar-refractivity contribution in [2.24, 2.45) is 0 Å². The molecule has 0 aliphatic rings. The summed E-state index contributed by atoms with van der Waals surface area (Å²) >= 11 is 5.77. The van der Waals surface area contributed by atoms with Gasteiger partial charge in [-0.15, -0.1) is 0 Å². The van der Waals surface area contributed by atoms with Crippen LogP contribution < -0.4 is 10.1 Å². The molecule has 18 heavy (non-hydrogen) atoms. The van der Waals surface area contributed by atoms with E-state index in [1.807, 2.05) is 0 Å². The van der Waals surface area contributed by atoms with Gasteiger partial charge in [0.15, 0.2) is 5.75 Å². The monoisotopic (exact) mass is 272 g/mol. The van der Waals surface area contributed by atoms with Crippen molar-refractivity contribution in [1.82, 2.24) is 5.32 Å². The molecule has 0 heterocycles. The quantitative estimate of drug-likeness (QED) is 0.471. The van der Waals surface area contributed by atoms with Gasteiger partial charge in [0.05, 0.1) is 11.5 Å². The molecule has 0 radical (unpaired) electrons. The number of nitrogens with one attached hydrogen (secondary N) is 1. The lowest BCUT2D eigenvalue weighted by molar-refractivity contribution is -0.385.